The second kappa shape index (κ2) is 6.22. The Morgan fingerprint density at radius 2 is 1.81 bits per heavy atom. The van der Waals surface area contributed by atoms with Gasteiger partial charge < -0.3 is 5.11 Å². The molecule has 4 nitrogen and oxygen atoms in total. The van der Waals surface area contributed by atoms with Crippen LogP contribution < -0.4 is 5.43 Å². The molecule has 0 unspecified atom stereocenters. The molecule has 0 heterocycles. The molecule has 108 valence electrons. The van der Waals surface area contributed by atoms with Crippen LogP contribution in [0.2, 0.25) is 0 Å². The Balaban J connectivity index is 2.12. The molecule has 0 aliphatic carbocycles. The summed E-state index contributed by atoms with van der Waals surface area (Å²) in [5.74, 6) is -0.501. The first-order valence-corrected chi connectivity index (χ1v) is 6.69. The molecule has 21 heavy (non-hydrogen) atoms. The first kappa shape index (κ1) is 14.8. The van der Waals surface area contributed by atoms with E-state index < -0.39 is 5.91 Å². The number of nitrogens with zero attached hydrogens (tertiary/aromatic N) is 1. The van der Waals surface area contributed by atoms with Crippen LogP contribution in [0.4, 0.5) is 0 Å². The number of hydrogen-bond acceptors (Lipinski definition) is 3. The zero-order valence-electron chi connectivity index (χ0n) is 12.3. The lowest BCUT2D eigenvalue weighted by Gasteiger charge is -2.07. The van der Waals surface area contributed by atoms with E-state index >= 15 is 0 Å². The Kier molecular flexibility index (Phi) is 4.38. The van der Waals surface area contributed by atoms with Gasteiger partial charge in [-0.2, -0.15) is 5.10 Å². The number of para-hydroxylation sites is 1. The number of benzene rings is 2. The zero-order chi connectivity index (χ0) is 15.4. The van der Waals surface area contributed by atoms with Crippen molar-refractivity contribution in [1.82, 2.24) is 5.43 Å². The highest BCUT2D eigenvalue weighted by Crippen LogP contribution is 2.16. The lowest BCUT2D eigenvalue weighted by molar-refractivity contribution is 0.0952. The van der Waals surface area contributed by atoms with Crippen molar-refractivity contribution in [3.05, 3.63) is 64.2 Å². The number of carbonyl (C=O) groups excluding carboxylic acids is 1. The van der Waals surface area contributed by atoms with Crippen molar-refractivity contribution in [2.24, 2.45) is 5.10 Å². The molecule has 2 aromatic carbocycles. The smallest absolute Gasteiger partial charge is 0.275 e. The Morgan fingerprint density at radius 3 is 2.52 bits per heavy atom. The molecule has 2 N–H and O–H groups in total. The van der Waals surface area contributed by atoms with Crippen LogP contribution in [0, 0.1) is 20.8 Å². The normalized spacial score (nSPS) is 10.8. The van der Waals surface area contributed by atoms with E-state index in [1.807, 2.05) is 19.1 Å². The summed E-state index contributed by atoms with van der Waals surface area (Å²) < 4.78 is 0. The minimum absolute atomic E-state index is 0.0624. The first-order valence-electron chi connectivity index (χ1n) is 6.69. The first-order chi connectivity index (χ1) is 10.0. The lowest BCUT2D eigenvalue weighted by Crippen LogP contribution is -2.17. The van der Waals surface area contributed by atoms with Gasteiger partial charge in [-0.3, -0.25) is 4.79 Å². The molecule has 0 saturated heterocycles. The average Bonchev–Trinajstić information content (AvgIpc) is 2.47. The number of phenolic OH excluding ortho intramolecular Hbond substituents is 1. The number of rotatable bonds is 3. The summed E-state index contributed by atoms with van der Waals surface area (Å²) >= 11 is 0. The van der Waals surface area contributed by atoms with Gasteiger partial charge in [-0.25, -0.2) is 5.43 Å². The molecule has 0 aliphatic heterocycles. The molecule has 1 amide bonds. The summed E-state index contributed by atoms with van der Waals surface area (Å²) in [4.78, 5) is 11.9. The van der Waals surface area contributed by atoms with E-state index in [4.69, 9.17) is 0 Å². The average molecular weight is 282 g/mol. The molecule has 0 spiro atoms. The zero-order valence-corrected chi connectivity index (χ0v) is 12.3. The summed E-state index contributed by atoms with van der Waals surface area (Å²) in [5.41, 5.74) is 7.15. The molecule has 0 aromatic heterocycles. The van der Waals surface area contributed by atoms with Crippen molar-refractivity contribution in [3.63, 3.8) is 0 Å². The van der Waals surface area contributed by atoms with Crippen LogP contribution in [-0.4, -0.2) is 17.2 Å². The van der Waals surface area contributed by atoms with Crippen LogP contribution >= 0.6 is 0 Å². The fourth-order valence-corrected chi connectivity index (χ4v) is 2.00. The van der Waals surface area contributed by atoms with Crippen molar-refractivity contribution in [2.75, 3.05) is 0 Å². The van der Waals surface area contributed by atoms with E-state index in [0.717, 1.165) is 11.1 Å². The largest absolute Gasteiger partial charge is 0.507 e. The molecular weight excluding hydrogens is 264 g/mol. The predicted octanol–water partition coefficient (Wildman–Crippen LogP) is 3.08. The van der Waals surface area contributed by atoms with Crippen molar-refractivity contribution >= 4 is 12.1 Å². The molecule has 0 bridgehead atoms. The van der Waals surface area contributed by atoms with E-state index in [1.54, 1.807) is 24.4 Å². The molecule has 0 atom stereocenters. The summed E-state index contributed by atoms with van der Waals surface area (Å²) in [6.07, 6.45) is 1.61. The highest BCUT2D eigenvalue weighted by atomic mass is 16.3. The van der Waals surface area contributed by atoms with Crippen LogP contribution in [0.15, 0.2) is 41.5 Å². The highest BCUT2D eigenvalue weighted by Gasteiger charge is 2.08. The third-order valence-electron chi connectivity index (χ3n) is 3.62. The molecule has 0 saturated carbocycles. The van der Waals surface area contributed by atoms with Gasteiger partial charge in [-0.05, 0) is 55.2 Å². The van der Waals surface area contributed by atoms with Crippen LogP contribution in [-0.2, 0) is 0 Å². The van der Waals surface area contributed by atoms with E-state index in [0.29, 0.717) is 0 Å². The van der Waals surface area contributed by atoms with Gasteiger partial charge >= 0.3 is 0 Å². The van der Waals surface area contributed by atoms with E-state index in [2.05, 4.69) is 24.4 Å². The van der Waals surface area contributed by atoms with Gasteiger partial charge in [0.15, 0.2) is 0 Å². The number of amides is 1. The molecule has 2 rings (SSSR count). The highest BCUT2D eigenvalue weighted by molar-refractivity contribution is 5.97. The Hall–Kier alpha value is -2.62. The number of carbonyl (C=O) groups is 1. The van der Waals surface area contributed by atoms with Crippen molar-refractivity contribution in [3.8, 4) is 5.75 Å². The fraction of sp³-hybridized carbons (Fsp3) is 0.176. The van der Waals surface area contributed by atoms with Crippen LogP contribution in [0.3, 0.4) is 0 Å². The minimum Gasteiger partial charge on any atom is -0.507 e. The third kappa shape index (κ3) is 3.28. The van der Waals surface area contributed by atoms with E-state index in [1.165, 1.54) is 17.2 Å². The van der Waals surface area contributed by atoms with Crippen molar-refractivity contribution in [1.29, 1.82) is 0 Å². The number of hydrogen-bond donors (Lipinski definition) is 2. The Bertz CT molecular complexity index is 706. The number of nitrogens with one attached hydrogen (secondary N) is 1. The second-order valence-electron chi connectivity index (χ2n) is 4.94. The van der Waals surface area contributed by atoms with Crippen LogP contribution in [0.25, 0.3) is 0 Å². The maximum atomic E-state index is 11.9. The number of hydrazone groups is 1. The Labute approximate surface area is 124 Å². The molecular formula is C17H18N2O2. The lowest BCUT2D eigenvalue weighted by atomic mass is 10.00. The van der Waals surface area contributed by atoms with E-state index in [-0.39, 0.29) is 11.3 Å². The number of aromatic hydroxyl groups is 1. The summed E-state index contributed by atoms with van der Waals surface area (Å²) in [7, 11) is 0. The van der Waals surface area contributed by atoms with Crippen molar-refractivity contribution in [2.45, 2.75) is 20.8 Å². The van der Waals surface area contributed by atoms with Crippen LogP contribution in [0.5, 0.6) is 5.75 Å². The quantitative estimate of drug-likeness (QED) is 0.671. The van der Waals surface area contributed by atoms with Gasteiger partial charge in [0.1, 0.15) is 5.75 Å². The molecule has 0 fully saturated rings. The molecule has 0 aliphatic rings. The van der Waals surface area contributed by atoms with E-state index in [9.17, 15) is 9.90 Å². The maximum absolute atomic E-state index is 11.9. The topological polar surface area (TPSA) is 61.7 Å². The molecule has 4 heteroatoms. The Morgan fingerprint density at radius 1 is 1.10 bits per heavy atom. The predicted molar refractivity (Wildman–Crippen MR) is 83.8 cm³/mol. The molecule has 0 radical (unpaired) electrons. The minimum atomic E-state index is -0.439. The van der Waals surface area contributed by atoms with Gasteiger partial charge in [-0.1, -0.05) is 24.3 Å². The fourth-order valence-electron chi connectivity index (χ4n) is 2.00. The summed E-state index contributed by atoms with van der Waals surface area (Å²) in [6, 6.07) is 10.3. The number of phenols is 1. The number of aryl methyl sites for hydroxylation is 1. The standard InChI is InChI=1S/C17H18N2O2/c1-11-8-9-14(13(3)12(11)2)10-18-19-17(21)15-6-4-5-7-16(15)20/h4-10,20H,1-3H3,(H,19,21)/b18-10+. The summed E-state index contributed by atoms with van der Waals surface area (Å²) in [5, 5.41) is 13.6. The van der Waals surface area contributed by atoms with Gasteiger partial charge in [0.2, 0.25) is 0 Å². The van der Waals surface area contributed by atoms with Gasteiger partial charge in [0.05, 0.1) is 11.8 Å². The molecule has 2 aromatic rings. The van der Waals surface area contributed by atoms with Gasteiger partial charge in [0.25, 0.3) is 5.91 Å². The maximum Gasteiger partial charge on any atom is 0.275 e. The van der Waals surface area contributed by atoms with Crippen molar-refractivity contribution < 1.29 is 9.90 Å². The van der Waals surface area contributed by atoms with Gasteiger partial charge in [0, 0.05) is 0 Å². The summed E-state index contributed by atoms with van der Waals surface area (Å²) in [6.45, 7) is 6.14. The monoisotopic (exact) mass is 282 g/mol. The second-order valence-corrected chi connectivity index (χ2v) is 4.94. The van der Waals surface area contributed by atoms with Gasteiger partial charge in [-0.15, -0.1) is 0 Å². The SMILES string of the molecule is Cc1ccc(/C=N/NC(=O)c2ccccc2O)c(C)c1C. The third-order valence-corrected chi connectivity index (χ3v) is 3.62. The van der Waals surface area contributed by atoms with Crippen LogP contribution in [0.1, 0.15) is 32.6 Å².